The van der Waals surface area contributed by atoms with Gasteiger partial charge in [0.05, 0.1) is 18.7 Å². The molecule has 1 aliphatic heterocycles. The van der Waals surface area contributed by atoms with Crippen molar-refractivity contribution < 1.29 is 5.11 Å². The Morgan fingerprint density at radius 2 is 1.88 bits per heavy atom. The third kappa shape index (κ3) is 3.00. The molecule has 3 aromatic rings. The Morgan fingerprint density at radius 3 is 2.67 bits per heavy atom. The lowest BCUT2D eigenvalue weighted by Gasteiger charge is -2.38. The minimum Gasteiger partial charge on any atom is -0.390 e. The van der Waals surface area contributed by atoms with Gasteiger partial charge in [0.2, 0.25) is 0 Å². The first-order chi connectivity index (χ1) is 11.8. The van der Waals surface area contributed by atoms with E-state index in [1.165, 1.54) is 11.3 Å². The summed E-state index contributed by atoms with van der Waals surface area (Å²) in [4.78, 5) is 2.37. The van der Waals surface area contributed by atoms with Gasteiger partial charge in [-0.05, 0) is 23.8 Å². The molecule has 0 aliphatic carbocycles. The van der Waals surface area contributed by atoms with Gasteiger partial charge in [0.15, 0.2) is 0 Å². The Hall–Kier alpha value is -2.37. The molecule has 0 amide bonds. The van der Waals surface area contributed by atoms with Gasteiger partial charge < -0.3 is 9.67 Å². The van der Waals surface area contributed by atoms with Gasteiger partial charge in [-0.2, -0.15) is 5.10 Å². The molecule has 0 saturated carbocycles. The molecule has 3 heterocycles. The van der Waals surface area contributed by atoms with Gasteiger partial charge in [0.1, 0.15) is 0 Å². The van der Waals surface area contributed by atoms with Crippen LogP contribution in [0.2, 0.25) is 0 Å². The Labute approximate surface area is 141 Å². The smallest absolute Gasteiger partial charge is 0.0863 e. The predicted molar refractivity (Wildman–Crippen MR) is 92.5 cm³/mol. The molecule has 1 aliphatic rings. The number of benzene rings is 1. The zero-order valence-corrected chi connectivity index (χ0v) is 13.6. The summed E-state index contributed by atoms with van der Waals surface area (Å²) in [6, 6.07) is 16.9. The highest BCUT2D eigenvalue weighted by atomic mass is 16.3. The summed E-state index contributed by atoms with van der Waals surface area (Å²) >= 11 is 0. The van der Waals surface area contributed by atoms with Crippen molar-refractivity contribution in [3.8, 4) is 0 Å². The van der Waals surface area contributed by atoms with Gasteiger partial charge in [0, 0.05) is 43.9 Å². The number of aliphatic hydroxyl groups excluding tert-OH is 1. The Kier molecular flexibility index (Phi) is 4.19. The number of hydrogen-bond acceptors (Lipinski definition) is 3. The van der Waals surface area contributed by atoms with E-state index in [0.717, 1.165) is 13.1 Å². The van der Waals surface area contributed by atoms with Crippen LogP contribution in [0.5, 0.6) is 0 Å². The largest absolute Gasteiger partial charge is 0.390 e. The maximum atomic E-state index is 10.5. The van der Waals surface area contributed by atoms with Crippen molar-refractivity contribution in [1.29, 1.82) is 0 Å². The molecule has 0 radical (unpaired) electrons. The van der Waals surface area contributed by atoms with Crippen LogP contribution in [0, 0.1) is 0 Å². The van der Waals surface area contributed by atoms with Crippen LogP contribution in [-0.4, -0.2) is 43.5 Å². The van der Waals surface area contributed by atoms with Crippen LogP contribution in [-0.2, 0) is 13.1 Å². The van der Waals surface area contributed by atoms with E-state index >= 15 is 0 Å². The number of fused-ring (bicyclic) bond motifs is 1. The molecule has 0 saturated heterocycles. The molecule has 24 heavy (non-hydrogen) atoms. The second-order valence-electron chi connectivity index (χ2n) is 6.32. The summed E-state index contributed by atoms with van der Waals surface area (Å²) in [5.74, 6) is 0. The molecule has 1 N–H and O–H groups in total. The normalized spacial score (nSPS) is 19.1. The summed E-state index contributed by atoms with van der Waals surface area (Å²) in [5.41, 5.74) is 2.56. The third-order valence-electron chi connectivity index (χ3n) is 4.66. The Morgan fingerprint density at radius 1 is 1.00 bits per heavy atom. The van der Waals surface area contributed by atoms with E-state index in [0.29, 0.717) is 13.1 Å². The van der Waals surface area contributed by atoms with Crippen molar-refractivity contribution in [2.24, 2.45) is 0 Å². The second kappa shape index (κ2) is 6.63. The zero-order valence-electron chi connectivity index (χ0n) is 13.6. The molecule has 0 unspecified atom stereocenters. The first-order valence-corrected chi connectivity index (χ1v) is 8.41. The van der Waals surface area contributed by atoms with Crippen molar-refractivity contribution in [3.63, 3.8) is 0 Å². The predicted octanol–water partition coefficient (Wildman–Crippen LogP) is 2.15. The van der Waals surface area contributed by atoms with Gasteiger partial charge in [-0.15, -0.1) is 0 Å². The summed E-state index contributed by atoms with van der Waals surface area (Å²) in [6.07, 6.45) is 5.33. The molecule has 0 spiro atoms. The van der Waals surface area contributed by atoms with Crippen molar-refractivity contribution in [3.05, 3.63) is 78.4 Å². The van der Waals surface area contributed by atoms with E-state index in [1.807, 2.05) is 18.3 Å². The highest BCUT2D eigenvalue weighted by Gasteiger charge is 2.29. The molecule has 2 aromatic heterocycles. The van der Waals surface area contributed by atoms with Crippen LogP contribution in [0.1, 0.15) is 17.3 Å². The van der Waals surface area contributed by atoms with E-state index in [1.54, 1.807) is 10.9 Å². The number of aliphatic hydroxyl groups is 1. The third-order valence-corrected chi connectivity index (χ3v) is 4.66. The molecular formula is C19H22N4O. The molecule has 4 rings (SSSR count). The first-order valence-electron chi connectivity index (χ1n) is 8.41. The maximum Gasteiger partial charge on any atom is 0.0863 e. The fourth-order valence-electron chi connectivity index (χ4n) is 3.60. The van der Waals surface area contributed by atoms with E-state index in [-0.39, 0.29) is 6.04 Å². The average molecular weight is 322 g/mol. The van der Waals surface area contributed by atoms with Crippen molar-refractivity contribution in [2.75, 3.05) is 13.1 Å². The fourth-order valence-corrected chi connectivity index (χ4v) is 3.60. The quantitative estimate of drug-likeness (QED) is 0.783. The SMILES string of the molecule is O[C@H](CN1CCn2cccc2[C@H]1c1ccccc1)Cn1cccn1. The Bertz CT molecular complexity index is 766. The van der Waals surface area contributed by atoms with Crippen molar-refractivity contribution in [2.45, 2.75) is 25.2 Å². The van der Waals surface area contributed by atoms with Crippen LogP contribution in [0.15, 0.2) is 67.1 Å². The number of aromatic nitrogens is 3. The van der Waals surface area contributed by atoms with Gasteiger partial charge in [-0.3, -0.25) is 9.58 Å². The van der Waals surface area contributed by atoms with E-state index in [4.69, 9.17) is 0 Å². The summed E-state index contributed by atoms with van der Waals surface area (Å²) in [7, 11) is 0. The van der Waals surface area contributed by atoms with E-state index < -0.39 is 6.10 Å². The number of β-amino-alcohol motifs (C(OH)–C–C–N with tert-alkyl or cyclic N) is 1. The van der Waals surface area contributed by atoms with Crippen LogP contribution < -0.4 is 0 Å². The summed E-state index contributed by atoms with van der Waals surface area (Å²) in [5, 5.41) is 14.7. The highest BCUT2D eigenvalue weighted by Crippen LogP contribution is 2.32. The molecule has 1 aromatic carbocycles. The van der Waals surface area contributed by atoms with Crippen LogP contribution in [0.4, 0.5) is 0 Å². The lowest BCUT2D eigenvalue weighted by molar-refractivity contribution is 0.0693. The summed E-state index contributed by atoms with van der Waals surface area (Å²) in [6.45, 7) is 3.04. The number of nitrogens with zero attached hydrogens (tertiary/aromatic N) is 4. The van der Waals surface area contributed by atoms with Gasteiger partial charge >= 0.3 is 0 Å². The second-order valence-corrected chi connectivity index (χ2v) is 6.32. The minimum absolute atomic E-state index is 0.183. The van der Waals surface area contributed by atoms with E-state index in [2.05, 4.69) is 57.2 Å². The first kappa shape index (κ1) is 15.2. The molecule has 0 fully saturated rings. The standard InChI is InChI=1S/C19H22N4O/c24-17(15-23-11-5-9-20-23)14-22-13-12-21-10-4-8-18(21)19(22)16-6-2-1-3-7-16/h1-11,17,19,24H,12-15H2/t17-,19-/m1/s1. The van der Waals surface area contributed by atoms with Gasteiger partial charge in [-0.25, -0.2) is 0 Å². The van der Waals surface area contributed by atoms with Gasteiger partial charge in [-0.1, -0.05) is 30.3 Å². The molecule has 2 atom stereocenters. The zero-order chi connectivity index (χ0) is 16.4. The molecule has 5 heteroatoms. The lowest BCUT2D eigenvalue weighted by Crippen LogP contribution is -2.43. The van der Waals surface area contributed by atoms with E-state index in [9.17, 15) is 5.11 Å². The van der Waals surface area contributed by atoms with Crippen LogP contribution in [0.25, 0.3) is 0 Å². The monoisotopic (exact) mass is 322 g/mol. The van der Waals surface area contributed by atoms with Crippen LogP contribution in [0.3, 0.4) is 0 Å². The van der Waals surface area contributed by atoms with Crippen LogP contribution >= 0.6 is 0 Å². The molecule has 124 valence electrons. The lowest BCUT2D eigenvalue weighted by atomic mass is 9.99. The fraction of sp³-hybridized carbons (Fsp3) is 0.316. The molecular weight excluding hydrogens is 300 g/mol. The molecule has 0 bridgehead atoms. The topological polar surface area (TPSA) is 46.2 Å². The number of rotatable bonds is 5. The minimum atomic E-state index is -0.447. The summed E-state index contributed by atoms with van der Waals surface area (Å²) < 4.78 is 4.10. The average Bonchev–Trinajstić information content (AvgIpc) is 3.26. The Balaban J connectivity index is 1.57. The maximum absolute atomic E-state index is 10.5. The van der Waals surface area contributed by atoms with Gasteiger partial charge in [0.25, 0.3) is 0 Å². The number of hydrogen-bond donors (Lipinski definition) is 1. The van der Waals surface area contributed by atoms with Crippen molar-refractivity contribution >= 4 is 0 Å². The highest BCUT2D eigenvalue weighted by molar-refractivity contribution is 5.30. The molecule has 5 nitrogen and oxygen atoms in total. The van der Waals surface area contributed by atoms with Crippen molar-refractivity contribution in [1.82, 2.24) is 19.2 Å².